The van der Waals surface area contributed by atoms with Crippen molar-refractivity contribution in [1.29, 1.82) is 5.26 Å². The molecule has 1 aliphatic rings. The first-order chi connectivity index (χ1) is 17.5. The maximum Gasteiger partial charge on any atom is 0.255 e. The first kappa shape index (κ1) is 24.9. The van der Waals surface area contributed by atoms with Crippen molar-refractivity contribution in [3.8, 4) is 17.6 Å². The molecule has 182 valence electrons. The van der Waals surface area contributed by atoms with Gasteiger partial charge in [-0.3, -0.25) is 4.79 Å². The number of amides is 1. The maximum absolute atomic E-state index is 13.5. The lowest BCUT2D eigenvalue weighted by Gasteiger charge is -2.27. The highest BCUT2D eigenvalue weighted by Crippen LogP contribution is 2.39. The molecular formula is C28H26N4O3S. The predicted molar refractivity (Wildman–Crippen MR) is 143 cm³/mol. The van der Waals surface area contributed by atoms with Gasteiger partial charge in [-0.05, 0) is 42.8 Å². The summed E-state index contributed by atoms with van der Waals surface area (Å²) in [7, 11) is 3.17. The molecule has 0 fully saturated rings. The van der Waals surface area contributed by atoms with E-state index in [2.05, 4.69) is 16.7 Å². The van der Waals surface area contributed by atoms with E-state index in [1.165, 1.54) is 11.8 Å². The van der Waals surface area contributed by atoms with Crippen LogP contribution in [0.2, 0.25) is 0 Å². The molecular weight excluding hydrogens is 472 g/mol. The number of anilines is 1. The average Bonchev–Trinajstić information content (AvgIpc) is 2.91. The summed E-state index contributed by atoms with van der Waals surface area (Å²) in [5.41, 5.74) is 4.17. The Hall–Kier alpha value is -4.22. The molecule has 0 aromatic heterocycles. The second kappa shape index (κ2) is 11.5. The molecule has 0 radical (unpaired) electrons. The number of carbonyl (C=O) groups is 1. The Morgan fingerprint density at radius 1 is 1.08 bits per heavy atom. The van der Waals surface area contributed by atoms with Crippen LogP contribution in [0.5, 0.6) is 11.5 Å². The van der Waals surface area contributed by atoms with Crippen molar-refractivity contribution in [2.75, 3.05) is 19.5 Å². The molecule has 0 saturated heterocycles. The van der Waals surface area contributed by atoms with E-state index in [4.69, 9.17) is 14.5 Å². The molecule has 0 spiro atoms. The van der Waals surface area contributed by atoms with E-state index in [0.717, 1.165) is 11.1 Å². The molecule has 1 aliphatic heterocycles. The number of nitrogens with zero attached hydrogens (tertiary/aromatic N) is 2. The Labute approximate surface area is 214 Å². The molecule has 2 N–H and O–H groups in total. The molecule has 1 heterocycles. The molecule has 3 aromatic rings. The van der Waals surface area contributed by atoms with Gasteiger partial charge in [-0.15, -0.1) is 0 Å². The predicted octanol–water partition coefficient (Wildman–Crippen LogP) is 5.42. The largest absolute Gasteiger partial charge is 0.497 e. The third-order valence-electron chi connectivity index (χ3n) is 5.73. The number of nitrogens with one attached hydrogen (secondary N) is 2. The van der Waals surface area contributed by atoms with E-state index < -0.39 is 6.04 Å². The van der Waals surface area contributed by atoms with Crippen molar-refractivity contribution in [2.24, 2.45) is 4.99 Å². The SMILES string of the molecule is COc1ccc([C@H]2N=C(SCc3ccccc3C#N)NC(C)=C2C(=O)Nc2ccccc2)c(OC)c1. The van der Waals surface area contributed by atoms with Gasteiger partial charge >= 0.3 is 0 Å². The summed E-state index contributed by atoms with van der Waals surface area (Å²) in [6.45, 7) is 1.86. The zero-order valence-electron chi connectivity index (χ0n) is 20.2. The van der Waals surface area contributed by atoms with E-state index in [0.29, 0.717) is 44.9 Å². The number of ether oxygens (including phenoxy) is 2. The van der Waals surface area contributed by atoms with Crippen LogP contribution >= 0.6 is 11.8 Å². The van der Waals surface area contributed by atoms with Crippen molar-refractivity contribution in [3.05, 3.63) is 101 Å². The summed E-state index contributed by atoms with van der Waals surface area (Å²) >= 11 is 1.48. The number of methoxy groups -OCH3 is 2. The summed E-state index contributed by atoms with van der Waals surface area (Å²) in [6.07, 6.45) is 0. The summed E-state index contributed by atoms with van der Waals surface area (Å²) in [5, 5.41) is 16.3. The van der Waals surface area contributed by atoms with Gasteiger partial charge in [0.15, 0.2) is 5.17 Å². The van der Waals surface area contributed by atoms with Crippen molar-refractivity contribution in [2.45, 2.75) is 18.7 Å². The number of hydrogen-bond donors (Lipinski definition) is 2. The highest BCUT2D eigenvalue weighted by Gasteiger charge is 2.31. The van der Waals surface area contributed by atoms with E-state index >= 15 is 0 Å². The van der Waals surface area contributed by atoms with Crippen molar-refractivity contribution in [1.82, 2.24) is 5.32 Å². The molecule has 1 atom stereocenters. The fraction of sp³-hybridized carbons (Fsp3) is 0.179. The topological polar surface area (TPSA) is 95.7 Å². The summed E-state index contributed by atoms with van der Waals surface area (Å²) in [4.78, 5) is 18.4. The number of allylic oxidation sites excluding steroid dienone is 1. The Balaban J connectivity index is 1.70. The summed E-state index contributed by atoms with van der Waals surface area (Å²) in [5.74, 6) is 1.52. The monoisotopic (exact) mass is 498 g/mol. The highest BCUT2D eigenvalue weighted by atomic mass is 32.2. The number of rotatable bonds is 7. The number of nitriles is 1. The Bertz CT molecular complexity index is 1360. The molecule has 1 amide bonds. The van der Waals surface area contributed by atoms with Gasteiger partial charge in [-0.2, -0.15) is 5.26 Å². The van der Waals surface area contributed by atoms with Gasteiger partial charge in [0.25, 0.3) is 5.91 Å². The zero-order chi connectivity index (χ0) is 25.5. The zero-order valence-corrected chi connectivity index (χ0v) is 21.1. The van der Waals surface area contributed by atoms with Gasteiger partial charge in [0, 0.05) is 28.8 Å². The molecule has 0 saturated carbocycles. The summed E-state index contributed by atoms with van der Waals surface area (Å²) < 4.78 is 11.0. The lowest BCUT2D eigenvalue weighted by Crippen LogP contribution is -2.32. The van der Waals surface area contributed by atoms with Crippen LogP contribution in [0.25, 0.3) is 0 Å². The average molecular weight is 499 g/mol. The van der Waals surface area contributed by atoms with E-state index in [1.807, 2.05) is 67.6 Å². The number of amidine groups is 1. The van der Waals surface area contributed by atoms with Gasteiger partial charge < -0.3 is 20.1 Å². The van der Waals surface area contributed by atoms with E-state index in [-0.39, 0.29) is 5.91 Å². The molecule has 0 unspecified atom stereocenters. The maximum atomic E-state index is 13.5. The van der Waals surface area contributed by atoms with E-state index in [1.54, 1.807) is 26.4 Å². The second-order valence-electron chi connectivity index (χ2n) is 7.99. The molecule has 3 aromatic carbocycles. The lowest BCUT2D eigenvalue weighted by atomic mass is 9.95. The van der Waals surface area contributed by atoms with Crippen LogP contribution < -0.4 is 20.1 Å². The number of benzene rings is 3. The molecule has 8 heteroatoms. The molecule has 0 aliphatic carbocycles. The normalized spacial score (nSPS) is 14.8. The van der Waals surface area contributed by atoms with Crippen LogP contribution in [0.4, 0.5) is 5.69 Å². The fourth-order valence-corrected chi connectivity index (χ4v) is 4.85. The molecule has 7 nitrogen and oxygen atoms in total. The van der Waals surface area contributed by atoms with Gasteiger partial charge in [0.2, 0.25) is 0 Å². The number of para-hydroxylation sites is 1. The number of carbonyl (C=O) groups excluding carboxylic acids is 1. The lowest BCUT2D eigenvalue weighted by molar-refractivity contribution is -0.113. The number of hydrogen-bond acceptors (Lipinski definition) is 7. The van der Waals surface area contributed by atoms with Gasteiger partial charge in [0.05, 0.1) is 31.4 Å². The van der Waals surface area contributed by atoms with E-state index in [9.17, 15) is 10.1 Å². The number of thioether (sulfide) groups is 1. The highest BCUT2D eigenvalue weighted by molar-refractivity contribution is 8.13. The van der Waals surface area contributed by atoms with Gasteiger partial charge in [0.1, 0.15) is 17.5 Å². The molecule has 4 rings (SSSR count). The molecule has 0 bridgehead atoms. The van der Waals surface area contributed by atoms with Crippen LogP contribution in [-0.2, 0) is 10.5 Å². The molecule has 36 heavy (non-hydrogen) atoms. The second-order valence-corrected chi connectivity index (χ2v) is 8.95. The van der Waals surface area contributed by atoms with Crippen molar-refractivity contribution in [3.63, 3.8) is 0 Å². The van der Waals surface area contributed by atoms with Crippen LogP contribution in [0.3, 0.4) is 0 Å². The smallest absolute Gasteiger partial charge is 0.255 e. The fourth-order valence-electron chi connectivity index (χ4n) is 3.91. The minimum Gasteiger partial charge on any atom is -0.497 e. The Morgan fingerprint density at radius 2 is 1.83 bits per heavy atom. The standard InChI is InChI=1S/C28H26N4O3S/c1-18-25(27(33)31-21-11-5-4-6-12-21)26(23-14-13-22(34-2)15-24(23)35-3)32-28(30-18)36-17-20-10-8-7-9-19(20)16-29/h4-15,26H,17H2,1-3H3,(H,30,32)(H,31,33)/t26-/m1/s1. The van der Waals surface area contributed by atoms with Crippen LogP contribution in [0.1, 0.15) is 29.7 Å². The summed E-state index contributed by atoms with van der Waals surface area (Å²) in [6, 6.07) is 23.9. The van der Waals surface area contributed by atoms with Crippen LogP contribution in [-0.4, -0.2) is 25.3 Å². The third-order valence-corrected chi connectivity index (χ3v) is 6.67. The van der Waals surface area contributed by atoms with Crippen molar-refractivity contribution < 1.29 is 14.3 Å². The van der Waals surface area contributed by atoms with Crippen LogP contribution in [0, 0.1) is 11.3 Å². The first-order valence-corrected chi connectivity index (χ1v) is 12.3. The van der Waals surface area contributed by atoms with Crippen LogP contribution in [0.15, 0.2) is 89.1 Å². The minimum atomic E-state index is -0.607. The quantitative estimate of drug-likeness (QED) is 0.452. The third kappa shape index (κ3) is 5.53. The number of aliphatic imine (C=N–C) groups is 1. The van der Waals surface area contributed by atoms with Gasteiger partial charge in [-0.25, -0.2) is 4.99 Å². The Morgan fingerprint density at radius 3 is 2.56 bits per heavy atom. The van der Waals surface area contributed by atoms with Gasteiger partial charge in [-0.1, -0.05) is 48.2 Å². The van der Waals surface area contributed by atoms with Crippen molar-refractivity contribution >= 4 is 28.5 Å². The first-order valence-electron chi connectivity index (χ1n) is 11.3. The Kier molecular flexibility index (Phi) is 7.93. The minimum absolute atomic E-state index is 0.253.